The highest BCUT2D eigenvalue weighted by atomic mass is 16.2. The normalized spacial score (nSPS) is 18.7. The van der Waals surface area contributed by atoms with E-state index >= 15 is 0 Å². The first kappa shape index (κ1) is 14.6. The van der Waals surface area contributed by atoms with Crippen LogP contribution < -0.4 is 5.32 Å². The lowest BCUT2D eigenvalue weighted by atomic mass is 9.93. The third kappa shape index (κ3) is 3.13. The van der Waals surface area contributed by atoms with E-state index in [1.807, 2.05) is 28.2 Å². The molecule has 0 aromatic carbocycles. The SMILES string of the molecule is CC(C)n1cc(NC(=O)N2CCC[C@H](c3cn[nH]c3)C2)cn1. The Morgan fingerprint density at radius 1 is 1.45 bits per heavy atom. The van der Waals surface area contributed by atoms with E-state index in [2.05, 4.69) is 34.5 Å². The van der Waals surface area contributed by atoms with Crippen LogP contribution in [0.2, 0.25) is 0 Å². The summed E-state index contributed by atoms with van der Waals surface area (Å²) in [4.78, 5) is 14.3. The summed E-state index contributed by atoms with van der Waals surface area (Å²) in [6, 6.07) is 0.225. The first-order valence-corrected chi connectivity index (χ1v) is 7.72. The Kier molecular flexibility index (Phi) is 4.13. The predicted octanol–water partition coefficient (Wildman–Crippen LogP) is 2.60. The van der Waals surface area contributed by atoms with Gasteiger partial charge in [0.05, 0.1) is 18.1 Å². The number of aromatic amines is 1. The van der Waals surface area contributed by atoms with Crippen molar-refractivity contribution in [1.29, 1.82) is 0 Å². The van der Waals surface area contributed by atoms with Crippen molar-refractivity contribution in [3.05, 3.63) is 30.4 Å². The first-order chi connectivity index (χ1) is 10.6. The fourth-order valence-electron chi connectivity index (χ4n) is 2.81. The number of nitrogens with zero attached hydrogens (tertiary/aromatic N) is 4. The fraction of sp³-hybridized carbons (Fsp3) is 0.533. The fourth-order valence-corrected chi connectivity index (χ4v) is 2.81. The minimum absolute atomic E-state index is 0.0588. The standard InChI is InChI=1S/C15H22N6O/c1-11(2)21-10-14(8-18-21)19-15(22)20-5-3-4-12(9-20)13-6-16-17-7-13/h6-8,10-12H,3-5,9H2,1-2H3,(H,16,17)(H,19,22)/t12-/m0/s1. The minimum atomic E-state index is -0.0588. The van der Waals surface area contributed by atoms with Crippen LogP contribution in [0.25, 0.3) is 0 Å². The molecule has 2 N–H and O–H groups in total. The zero-order valence-corrected chi connectivity index (χ0v) is 13.0. The molecule has 7 nitrogen and oxygen atoms in total. The van der Waals surface area contributed by atoms with Gasteiger partial charge in [-0.1, -0.05) is 0 Å². The van der Waals surface area contributed by atoms with Gasteiger partial charge in [0, 0.05) is 37.4 Å². The van der Waals surface area contributed by atoms with Gasteiger partial charge in [-0.3, -0.25) is 9.78 Å². The number of anilines is 1. The maximum absolute atomic E-state index is 12.4. The quantitative estimate of drug-likeness (QED) is 0.914. The van der Waals surface area contributed by atoms with Crippen LogP contribution >= 0.6 is 0 Å². The number of aromatic nitrogens is 4. The average molecular weight is 302 g/mol. The van der Waals surface area contributed by atoms with Gasteiger partial charge in [0.25, 0.3) is 0 Å². The number of amides is 2. The monoisotopic (exact) mass is 302 g/mol. The van der Waals surface area contributed by atoms with Crippen LogP contribution in [0.3, 0.4) is 0 Å². The van der Waals surface area contributed by atoms with Crippen molar-refractivity contribution >= 4 is 11.7 Å². The third-order valence-corrected chi connectivity index (χ3v) is 4.08. The molecule has 0 saturated carbocycles. The number of urea groups is 1. The van der Waals surface area contributed by atoms with Gasteiger partial charge in [-0.25, -0.2) is 4.79 Å². The molecule has 1 saturated heterocycles. The average Bonchev–Trinajstić information content (AvgIpc) is 3.19. The van der Waals surface area contributed by atoms with E-state index < -0.39 is 0 Å². The molecule has 2 aromatic heterocycles. The maximum Gasteiger partial charge on any atom is 0.321 e. The van der Waals surface area contributed by atoms with Gasteiger partial charge >= 0.3 is 6.03 Å². The highest BCUT2D eigenvalue weighted by molar-refractivity contribution is 5.89. The molecule has 1 atom stereocenters. The molecule has 0 aliphatic carbocycles. The van der Waals surface area contributed by atoms with Crippen molar-refractivity contribution in [2.45, 2.75) is 38.6 Å². The highest BCUT2D eigenvalue weighted by Crippen LogP contribution is 2.26. The van der Waals surface area contributed by atoms with E-state index in [-0.39, 0.29) is 12.1 Å². The van der Waals surface area contributed by atoms with Crippen LogP contribution in [-0.4, -0.2) is 44.0 Å². The van der Waals surface area contributed by atoms with E-state index in [0.29, 0.717) is 5.92 Å². The Bertz CT molecular complexity index is 618. The summed E-state index contributed by atoms with van der Waals surface area (Å²) in [5.41, 5.74) is 1.91. The van der Waals surface area contributed by atoms with Crippen molar-refractivity contribution in [2.24, 2.45) is 0 Å². The number of nitrogens with one attached hydrogen (secondary N) is 2. The number of H-pyrrole nitrogens is 1. The Hall–Kier alpha value is -2.31. The molecule has 22 heavy (non-hydrogen) atoms. The van der Waals surface area contributed by atoms with Gasteiger partial charge in [0.1, 0.15) is 0 Å². The lowest BCUT2D eigenvalue weighted by Gasteiger charge is -2.32. The molecule has 3 heterocycles. The van der Waals surface area contributed by atoms with Gasteiger partial charge in [-0.2, -0.15) is 10.2 Å². The van der Waals surface area contributed by atoms with Crippen LogP contribution in [0.1, 0.15) is 44.2 Å². The molecule has 118 valence electrons. The van der Waals surface area contributed by atoms with Crippen LogP contribution in [0, 0.1) is 0 Å². The predicted molar refractivity (Wildman–Crippen MR) is 83.8 cm³/mol. The van der Waals surface area contributed by atoms with Crippen LogP contribution in [-0.2, 0) is 0 Å². The Morgan fingerprint density at radius 2 is 2.32 bits per heavy atom. The number of rotatable bonds is 3. The molecule has 0 spiro atoms. The Morgan fingerprint density at radius 3 is 3.00 bits per heavy atom. The number of carbonyl (C=O) groups is 1. The van der Waals surface area contributed by atoms with E-state index in [0.717, 1.165) is 31.6 Å². The molecule has 1 aliphatic rings. The lowest BCUT2D eigenvalue weighted by molar-refractivity contribution is 0.193. The number of likely N-dealkylation sites (tertiary alicyclic amines) is 1. The Labute approximate surface area is 129 Å². The zero-order chi connectivity index (χ0) is 15.5. The minimum Gasteiger partial charge on any atom is -0.324 e. The second-order valence-corrected chi connectivity index (χ2v) is 6.05. The zero-order valence-electron chi connectivity index (χ0n) is 13.0. The van der Waals surface area contributed by atoms with Gasteiger partial charge in [-0.05, 0) is 32.3 Å². The molecular formula is C15H22N6O. The third-order valence-electron chi connectivity index (χ3n) is 4.08. The van der Waals surface area contributed by atoms with E-state index in [1.165, 1.54) is 5.56 Å². The number of hydrogen-bond acceptors (Lipinski definition) is 3. The van der Waals surface area contributed by atoms with Crippen LogP contribution in [0.5, 0.6) is 0 Å². The molecule has 0 radical (unpaired) electrons. The van der Waals surface area contributed by atoms with Crippen molar-refractivity contribution in [1.82, 2.24) is 24.9 Å². The lowest BCUT2D eigenvalue weighted by Crippen LogP contribution is -2.41. The van der Waals surface area contributed by atoms with Gasteiger partial charge < -0.3 is 10.2 Å². The van der Waals surface area contributed by atoms with Crippen molar-refractivity contribution < 1.29 is 4.79 Å². The summed E-state index contributed by atoms with van der Waals surface area (Å²) < 4.78 is 1.83. The summed E-state index contributed by atoms with van der Waals surface area (Å²) in [6.07, 6.45) is 9.41. The molecule has 7 heteroatoms. The molecule has 0 unspecified atom stereocenters. The molecule has 3 rings (SSSR count). The molecule has 1 fully saturated rings. The number of hydrogen-bond donors (Lipinski definition) is 2. The van der Waals surface area contributed by atoms with E-state index in [1.54, 1.807) is 6.20 Å². The molecular weight excluding hydrogens is 280 g/mol. The van der Waals surface area contributed by atoms with E-state index in [9.17, 15) is 4.79 Å². The molecule has 2 aromatic rings. The maximum atomic E-state index is 12.4. The summed E-state index contributed by atoms with van der Waals surface area (Å²) in [5, 5.41) is 14.0. The van der Waals surface area contributed by atoms with Crippen molar-refractivity contribution in [2.75, 3.05) is 18.4 Å². The summed E-state index contributed by atoms with van der Waals surface area (Å²) in [6.45, 7) is 5.62. The van der Waals surface area contributed by atoms with Crippen LogP contribution in [0.4, 0.5) is 10.5 Å². The van der Waals surface area contributed by atoms with Crippen LogP contribution in [0.15, 0.2) is 24.8 Å². The smallest absolute Gasteiger partial charge is 0.321 e. The summed E-state index contributed by atoms with van der Waals surface area (Å²) in [7, 11) is 0. The Balaban J connectivity index is 1.61. The second-order valence-electron chi connectivity index (χ2n) is 6.05. The second kappa shape index (κ2) is 6.21. The summed E-state index contributed by atoms with van der Waals surface area (Å²) in [5.74, 6) is 0.358. The molecule has 2 amide bonds. The van der Waals surface area contributed by atoms with Gasteiger partial charge in [-0.15, -0.1) is 0 Å². The van der Waals surface area contributed by atoms with Crippen molar-refractivity contribution in [3.63, 3.8) is 0 Å². The molecule has 0 bridgehead atoms. The topological polar surface area (TPSA) is 78.8 Å². The van der Waals surface area contributed by atoms with Crippen molar-refractivity contribution in [3.8, 4) is 0 Å². The molecule has 1 aliphatic heterocycles. The first-order valence-electron chi connectivity index (χ1n) is 7.72. The van der Waals surface area contributed by atoms with E-state index in [4.69, 9.17) is 0 Å². The van der Waals surface area contributed by atoms with Gasteiger partial charge in [0.2, 0.25) is 0 Å². The summed E-state index contributed by atoms with van der Waals surface area (Å²) >= 11 is 0. The van der Waals surface area contributed by atoms with Gasteiger partial charge in [0.15, 0.2) is 0 Å². The number of carbonyl (C=O) groups excluding carboxylic acids is 1. The number of piperidine rings is 1. The highest BCUT2D eigenvalue weighted by Gasteiger charge is 2.25. The largest absolute Gasteiger partial charge is 0.324 e.